The van der Waals surface area contributed by atoms with Gasteiger partial charge in [-0.1, -0.05) is 17.7 Å². The lowest BCUT2D eigenvalue weighted by molar-refractivity contribution is -0.139. The average Bonchev–Trinajstić information content (AvgIpc) is 2.45. The molecule has 21 heavy (non-hydrogen) atoms. The summed E-state index contributed by atoms with van der Waals surface area (Å²) in [4.78, 5) is 17.9. The first-order valence-electron chi connectivity index (χ1n) is 7.11. The number of nitrogens with zero attached hydrogens (tertiary/aromatic N) is 2. The van der Waals surface area contributed by atoms with E-state index in [0.717, 1.165) is 11.3 Å². The fourth-order valence-corrected chi connectivity index (χ4v) is 2.31. The Morgan fingerprint density at radius 2 is 1.86 bits per heavy atom. The van der Waals surface area contributed by atoms with E-state index in [1.165, 1.54) is 5.56 Å². The van der Waals surface area contributed by atoms with E-state index in [1.807, 2.05) is 48.2 Å². The molecule has 1 amide bonds. The number of carbonyl (C=O) groups excluding carboxylic acids is 1. The predicted octanol–water partition coefficient (Wildman–Crippen LogP) is 2.22. The number of hydrogen-bond acceptors (Lipinski definition) is 3. The van der Waals surface area contributed by atoms with Gasteiger partial charge in [-0.15, -0.1) is 0 Å². The van der Waals surface area contributed by atoms with Gasteiger partial charge in [0.15, 0.2) is 0 Å². The smallest absolute Gasteiger partial charge is 0.227 e. The topological polar surface area (TPSA) is 42.4 Å². The van der Waals surface area contributed by atoms with Crippen molar-refractivity contribution in [2.24, 2.45) is 0 Å². The molecule has 2 heterocycles. The van der Waals surface area contributed by atoms with Gasteiger partial charge in [-0.3, -0.25) is 9.78 Å². The Labute approximate surface area is 124 Å². The summed E-state index contributed by atoms with van der Waals surface area (Å²) < 4.78 is 5.83. The van der Waals surface area contributed by atoms with E-state index >= 15 is 0 Å². The fourth-order valence-electron chi connectivity index (χ4n) is 2.31. The zero-order valence-electron chi connectivity index (χ0n) is 12.0. The maximum Gasteiger partial charge on any atom is 0.227 e. The van der Waals surface area contributed by atoms with Gasteiger partial charge >= 0.3 is 0 Å². The third kappa shape index (κ3) is 3.40. The second-order valence-corrected chi connectivity index (χ2v) is 5.38. The van der Waals surface area contributed by atoms with E-state index in [2.05, 4.69) is 4.98 Å². The molecule has 2 aromatic rings. The van der Waals surface area contributed by atoms with Gasteiger partial charge in [-0.05, 0) is 36.8 Å². The second kappa shape index (κ2) is 5.95. The molecule has 3 rings (SSSR count). The van der Waals surface area contributed by atoms with Gasteiger partial charge in [-0.2, -0.15) is 0 Å². The summed E-state index contributed by atoms with van der Waals surface area (Å²) >= 11 is 0. The SMILES string of the molecule is Cc1ccc(OC2CN(C(=O)Cc3ccncc3)C2)cc1. The molecule has 0 spiro atoms. The lowest BCUT2D eigenvalue weighted by Crippen LogP contribution is -2.56. The van der Waals surface area contributed by atoms with Crippen molar-refractivity contribution in [3.05, 3.63) is 59.9 Å². The maximum absolute atomic E-state index is 12.1. The van der Waals surface area contributed by atoms with Crippen LogP contribution in [0, 0.1) is 6.92 Å². The Hall–Kier alpha value is -2.36. The molecule has 0 N–H and O–H groups in total. The minimum Gasteiger partial charge on any atom is -0.487 e. The number of ether oxygens (including phenoxy) is 1. The molecule has 4 nitrogen and oxygen atoms in total. The summed E-state index contributed by atoms with van der Waals surface area (Å²) in [5.41, 5.74) is 2.21. The highest BCUT2D eigenvalue weighted by atomic mass is 16.5. The van der Waals surface area contributed by atoms with Gasteiger partial charge in [0.05, 0.1) is 19.5 Å². The highest BCUT2D eigenvalue weighted by molar-refractivity contribution is 5.79. The number of aromatic nitrogens is 1. The van der Waals surface area contributed by atoms with E-state index in [-0.39, 0.29) is 12.0 Å². The van der Waals surface area contributed by atoms with Crippen molar-refractivity contribution in [1.82, 2.24) is 9.88 Å². The first-order valence-corrected chi connectivity index (χ1v) is 7.11. The molecule has 1 aromatic heterocycles. The largest absolute Gasteiger partial charge is 0.487 e. The molecule has 1 saturated heterocycles. The Bertz CT molecular complexity index is 604. The monoisotopic (exact) mass is 282 g/mol. The van der Waals surface area contributed by atoms with Crippen LogP contribution in [0.3, 0.4) is 0 Å². The standard InChI is InChI=1S/C17H18N2O2/c1-13-2-4-15(5-3-13)21-16-11-19(12-16)17(20)10-14-6-8-18-9-7-14/h2-9,16H,10-12H2,1H3. The number of carbonyl (C=O) groups is 1. The maximum atomic E-state index is 12.1. The summed E-state index contributed by atoms with van der Waals surface area (Å²) in [6.45, 7) is 3.38. The van der Waals surface area contributed by atoms with Gasteiger partial charge < -0.3 is 9.64 Å². The highest BCUT2D eigenvalue weighted by Gasteiger charge is 2.31. The minimum atomic E-state index is 0.106. The number of likely N-dealkylation sites (tertiary alicyclic amines) is 1. The predicted molar refractivity (Wildman–Crippen MR) is 80.1 cm³/mol. The van der Waals surface area contributed by atoms with E-state index < -0.39 is 0 Å². The molecule has 1 fully saturated rings. The number of pyridine rings is 1. The molecule has 108 valence electrons. The minimum absolute atomic E-state index is 0.106. The summed E-state index contributed by atoms with van der Waals surface area (Å²) in [5.74, 6) is 1.01. The third-order valence-corrected chi connectivity index (χ3v) is 3.63. The van der Waals surface area contributed by atoms with Crippen LogP contribution in [0.5, 0.6) is 5.75 Å². The summed E-state index contributed by atoms with van der Waals surface area (Å²) in [7, 11) is 0. The van der Waals surface area contributed by atoms with Gasteiger partial charge in [0.2, 0.25) is 5.91 Å². The van der Waals surface area contributed by atoms with Gasteiger partial charge in [0, 0.05) is 12.4 Å². The van der Waals surface area contributed by atoms with E-state index in [1.54, 1.807) is 12.4 Å². The Morgan fingerprint density at radius 3 is 2.52 bits per heavy atom. The second-order valence-electron chi connectivity index (χ2n) is 5.38. The Morgan fingerprint density at radius 1 is 1.19 bits per heavy atom. The molecule has 0 saturated carbocycles. The highest BCUT2D eigenvalue weighted by Crippen LogP contribution is 2.19. The van der Waals surface area contributed by atoms with Crippen molar-refractivity contribution in [2.45, 2.75) is 19.4 Å². The van der Waals surface area contributed by atoms with Gasteiger partial charge in [0.25, 0.3) is 0 Å². The first-order chi connectivity index (χ1) is 10.2. The summed E-state index contributed by atoms with van der Waals surface area (Å²) in [6, 6.07) is 11.7. The van der Waals surface area contributed by atoms with E-state index in [9.17, 15) is 4.79 Å². The van der Waals surface area contributed by atoms with Crippen LogP contribution in [0.2, 0.25) is 0 Å². The van der Waals surface area contributed by atoms with Crippen LogP contribution in [0.1, 0.15) is 11.1 Å². The quantitative estimate of drug-likeness (QED) is 0.863. The molecular weight excluding hydrogens is 264 g/mol. The number of benzene rings is 1. The van der Waals surface area contributed by atoms with Crippen molar-refractivity contribution in [1.29, 1.82) is 0 Å². The van der Waals surface area contributed by atoms with Crippen LogP contribution in [0.25, 0.3) is 0 Å². The fraction of sp³-hybridized carbons (Fsp3) is 0.294. The van der Waals surface area contributed by atoms with Crippen molar-refractivity contribution in [3.8, 4) is 5.75 Å². The van der Waals surface area contributed by atoms with Crippen LogP contribution in [0.15, 0.2) is 48.8 Å². The molecule has 0 bridgehead atoms. The number of rotatable bonds is 4. The van der Waals surface area contributed by atoms with Crippen molar-refractivity contribution in [2.75, 3.05) is 13.1 Å². The van der Waals surface area contributed by atoms with Crippen molar-refractivity contribution >= 4 is 5.91 Å². The number of amides is 1. The lowest BCUT2D eigenvalue weighted by atomic mass is 10.1. The molecule has 0 atom stereocenters. The van der Waals surface area contributed by atoms with Crippen LogP contribution >= 0.6 is 0 Å². The Balaban J connectivity index is 1.47. The summed E-state index contributed by atoms with van der Waals surface area (Å²) in [6.07, 6.45) is 3.96. The molecule has 1 aromatic carbocycles. The van der Waals surface area contributed by atoms with Crippen molar-refractivity contribution < 1.29 is 9.53 Å². The Kier molecular flexibility index (Phi) is 3.86. The molecule has 0 radical (unpaired) electrons. The van der Waals surface area contributed by atoms with Crippen LogP contribution in [-0.4, -0.2) is 35.0 Å². The number of hydrogen-bond donors (Lipinski definition) is 0. The van der Waals surface area contributed by atoms with Crippen molar-refractivity contribution in [3.63, 3.8) is 0 Å². The first kappa shape index (κ1) is 13.6. The van der Waals surface area contributed by atoms with E-state index in [0.29, 0.717) is 19.5 Å². The van der Waals surface area contributed by atoms with Gasteiger partial charge in [0.1, 0.15) is 11.9 Å². The average molecular weight is 282 g/mol. The molecule has 0 unspecified atom stereocenters. The molecular formula is C17H18N2O2. The van der Waals surface area contributed by atoms with E-state index in [4.69, 9.17) is 4.74 Å². The number of aryl methyl sites for hydroxylation is 1. The summed E-state index contributed by atoms with van der Waals surface area (Å²) in [5, 5.41) is 0. The van der Waals surface area contributed by atoms with Gasteiger partial charge in [-0.25, -0.2) is 0 Å². The van der Waals surface area contributed by atoms with Crippen LogP contribution in [0.4, 0.5) is 0 Å². The third-order valence-electron chi connectivity index (χ3n) is 3.63. The zero-order chi connectivity index (χ0) is 14.7. The molecule has 1 aliphatic rings. The van der Waals surface area contributed by atoms with Crippen LogP contribution in [-0.2, 0) is 11.2 Å². The molecule has 4 heteroatoms. The molecule has 0 aliphatic carbocycles. The van der Waals surface area contributed by atoms with Crippen LogP contribution < -0.4 is 4.74 Å². The normalized spacial score (nSPS) is 14.6. The molecule has 1 aliphatic heterocycles. The zero-order valence-corrected chi connectivity index (χ0v) is 12.0. The lowest BCUT2D eigenvalue weighted by Gasteiger charge is -2.39.